The summed E-state index contributed by atoms with van der Waals surface area (Å²) in [4.78, 5) is 29.0. The van der Waals surface area contributed by atoms with Gasteiger partial charge in [-0.3, -0.25) is 13.9 Å². The second kappa shape index (κ2) is 15.0. The maximum Gasteiger partial charge on any atom is 0.243 e. The highest BCUT2D eigenvalue weighted by molar-refractivity contribution is 7.92. The molecule has 0 unspecified atom stereocenters. The molecule has 0 saturated carbocycles. The second-order valence-electron chi connectivity index (χ2n) is 10.1. The minimum Gasteiger partial charge on any atom is -0.352 e. The molecule has 0 aliphatic carbocycles. The van der Waals surface area contributed by atoms with E-state index in [0.717, 1.165) is 28.1 Å². The topological polar surface area (TPSA) is 86.8 Å². The number of benzene rings is 3. The molecule has 0 bridgehead atoms. The Balaban J connectivity index is 1.88. The summed E-state index contributed by atoms with van der Waals surface area (Å²) in [6, 6.07) is 20.9. The molecular formula is C31H37ClFN3O4S. The molecule has 41 heavy (non-hydrogen) atoms. The van der Waals surface area contributed by atoms with Gasteiger partial charge in [0.05, 0.1) is 11.9 Å². The Morgan fingerprint density at radius 3 is 2.17 bits per heavy atom. The molecule has 0 aromatic heterocycles. The third kappa shape index (κ3) is 9.86. The summed E-state index contributed by atoms with van der Waals surface area (Å²) in [6.45, 7) is 4.09. The van der Waals surface area contributed by atoms with E-state index in [4.69, 9.17) is 11.6 Å². The van der Waals surface area contributed by atoms with Crippen LogP contribution in [0.15, 0.2) is 78.9 Å². The van der Waals surface area contributed by atoms with Gasteiger partial charge < -0.3 is 10.2 Å². The third-order valence-electron chi connectivity index (χ3n) is 6.81. The van der Waals surface area contributed by atoms with Crippen molar-refractivity contribution in [2.45, 2.75) is 58.2 Å². The van der Waals surface area contributed by atoms with Gasteiger partial charge in [0.25, 0.3) is 0 Å². The fraction of sp³-hybridized carbons (Fsp3) is 0.355. The van der Waals surface area contributed by atoms with Gasteiger partial charge in [-0.05, 0) is 67.3 Å². The number of hydrogen-bond acceptors (Lipinski definition) is 4. The zero-order valence-corrected chi connectivity index (χ0v) is 25.2. The number of anilines is 1. The van der Waals surface area contributed by atoms with E-state index in [-0.39, 0.29) is 43.8 Å². The van der Waals surface area contributed by atoms with Gasteiger partial charge in [0, 0.05) is 37.0 Å². The molecular weight excluding hydrogens is 565 g/mol. The van der Waals surface area contributed by atoms with Crippen LogP contribution in [-0.2, 0) is 32.6 Å². The van der Waals surface area contributed by atoms with E-state index >= 15 is 0 Å². The van der Waals surface area contributed by atoms with E-state index in [1.165, 1.54) is 24.3 Å². The zero-order chi connectivity index (χ0) is 30.0. The van der Waals surface area contributed by atoms with Crippen LogP contribution in [0.25, 0.3) is 0 Å². The van der Waals surface area contributed by atoms with Gasteiger partial charge in [0.15, 0.2) is 0 Å². The quantitative estimate of drug-likeness (QED) is 0.261. The average Bonchev–Trinajstić information content (AvgIpc) is 2.94. The lowest BCUT2D eigenvalue weighted by atomic mass is 10.0. The second-order valence-corrected chi connectivity index (χ2v) is 12.4. The van der Waals surface area contributed by atoms with Gasteiger partial charge in [-0.25, -0.2) is 12.8 Å². The summed E-state index contributed by atoms with van der Waals surface area (Å²) < 4.78 is 39.6. The van der Waals surface area contributed by atoms with Crippen LogP contribution < -0.4 is 9.62 Å². The van der Waals surface area contributed by atoms with Crippen LogP contribution in [-0.4, -0.2) is 50.0 Å². The summed E-state index contributed by atoms with van der Waals surface area (Å²) in [5.41, 5.74) is 2.03. The minimum atomic E-state index is -3.68. The van der Waals surface area contributed by atoms with Crippen molar-refractivity contribution < 1.29 is 22.4 Å². The van der Waals surface area contributed by atoms with E-state index < -0.39 is 21.9 Å². The fourth-order valence-corrected chi connectivity index (χ4v) is 5.48. The van der Waals surface area contributed by atoms with Crippen LogP contribution in [0.3, 0.4) is 0 Å². The predicted molar refractivity (Wildman–Crippen MR) is 162 cm³/mol. The molecule has 0 fully saturated rings. The van der Waals surface area contributed by atoms with Crippen LogP contribution in [0.1, 0.15) is 44.2 Å². The van der Waals surface area contributed by atoms with Crippen molar-refractivity contribution in [2.24, 2.45) is 0 Å². The van der Waals surface area contributed by atoms with Crippen LogP contribution in [0, 0.1) is 5.82 Å². The largest absolute Gasteiger partial charge is 0.352 e. The van der Waals surface area contributed by atoms with E-state index in [2.05, 4.69) is 5.32 Å². The summed E-state index contributed by atoms with van der Waals surface area (Å²) in [6.07, 6.45) is 2.32. The van der Waals surface area contributed by atoms with Crippen LogP contribution in [0.4, 0.5) is 10.1 Å². The first kappa shape index (κ1) is 32.1. The highest BCUT2D eigenvalue weighted by atomic mass is 35.5. The van der Waals surface area contributed by atoms with E-state index in [0.29, 0.717) is 17.1 Å². The molecule has 0 heterocycles. The molecule has 220 valence electrons. The maximum absolute atomic E-state index is 13.8. The molecule has 0 spiro atoms. The zero-order valence-electron chi connectivity index (χ0n) is 23.6. The van der Waals surface area contributed by atoms with Gasteiger partial charge in [-0.15, -0.1) is 0 Å². The first-order valence-corrected chi connectivity index (χ1v) is 15.8. The summed E-state index contributed by atoms with van der Waals surface area (Å²) in [5, 5.41) is 3.59. The first-order valence-electron chi connectivity index (χ1n) is 13.6. The monoisotopic (exact) mass is 601 g/mol. The van der Waals surface area contributed by atoms with Gasteiger partial charge >= 0.3 is 0 Å². The lowest BCUT2D eigenvalue weighted by molar-refractivity contribution is -0.141. The fourth-order valence-electron chi connectivity index (χ4n) is 4.39. The normalized spacial score (nSPS) is 12.8. The SMILES string of the molecule is CC[C@@H](C)NC(=O)[C@@H](Cc1ccccc1)N(Cc1ccc(Cl)cc1)C(=O)CCCN(c1ccc(F)cc1)S(C)(=O)=O. The number of carbonyl (C=O) groups is 2. The Bertz CT molecular complexity index is 1390. The lowest BCUT2D eigenvalue weighted by Crippen LogP contribution is -2.52. The van der Waals surface area contributed by atoms with Crippen molar-refractivity contribution in [1.82, 2.24) is 10.2 Å². The van der Waals surface area contributed by atoms with Gasteiger partial charge in [-0.1, -0.05) is 61.0 Å². The molecule has 2 atom stereocenters. The van der Waals surface area contributed by atoms with Gasteiger partial charge in [0.2, 0.25) is 21.8 Å². The molecule has 3 aromatic carbocycles. The molecule has 0 aliphatic rings. The van der Waals surface area contributed by atoms with Crippen molar-refractivity contribution in [3.05, 3.63) is 101 Å². The molecule has 3 rings (SSSR count). The Morgan fingerprint density at radius 1 is 0.951 bits per heavy atom. The van der Waals surface area contributed by atoms with Crippen LogP contribution in [0.5, 0.6) is 0 Å². The lowest BCUT2D eigenvalue weighted by Gasteiger charge is -2.32. The molecule has 0 aliphatic heterocycles. The Hall–Kier alpha value is -3.43. The number of nitrogens with one attached hydrogen (secondary N) is 1. The molecule has 10 heteroatoms. The third-order valence-corrected chi connectivity index (χ3v) is 8.25. The van der Waals surface area contributed by atoms with Crippen molar-refractivity contribution in [3.63, 3.8) is 0 Å². The molecule has 0 radical (unpaired) electrons. The van der Waals surface area contributed by atoms with Crippen LogP contribution >= 0.6 is 11.6 Å². The number of sulfonamides is 1. The molecule has 1 N–H and O–H groups in total. The number of hydrogen-bond donors (Lipinski definition) is 1. The average molecular weight is 602 g/mol. The smallest absolute Gasteiger partial charge is 0.243 e. The first-order chi connectivity index (χ1) is 19.5. The Labute approximate surface area is 247 Å². The molecule has 7 nitrogen and oxygen atoms in total. The van der Waals surface area contributed by atoms with Crippen molar-refractivity contribution in [1.29, 1.82) is 0 Å². The van der Waals surface area contributed by atoms with Gasteiger partial charge in [-0.2, -0.15) is 0 Å². The summed E-state index contributed by atoms with van der Waals surface area (Å²) in [5.74, 6) is -1.02. The summed E-state index contributed by atoms with van der Waals surface area (Å²) >= 11 is 6.08. The minimum absolute atomic E-state index is 0.00268. The highest BCUT2D eigenvalue weighted by Crippen LogP contribution is 2.21. The van der Waals surface area contributed by atoms with Crippen molar-refractivity contribution >= 4 is 39.1 Å². The van der Waals surface area contributed by atoms with E-state index in [9.17, 15) is 22.4 Å². The highest BCUT2D eigenvalue weighted by Gasteiger charge is 2.31. The standard InChI is InChI=1S/C31H37ClFN3O4S/c1-4-23(2)34-31(38)29(21-24-9-6-5-7-10-24)35(22-25-12-14-26(32)15-13-25)30(37)11-8-20-36(41(3,39)40)28-18-16-27(33)17-19-28/h5-7,9-10,12-19,23,29H,4,8,11,20-22H2,1-3H3,(H,34,38)/t23-,29-/m1/s1. The predicted octanol–water partition coefficient (Wildman–Crippen LogP) is 5.58. The number of carbonyl (C=O) groups excluding carboxylic acids is 2. The molecule has 0 saturated heterocycles. The Morgan fingerprint density at radius 2 is 1.59 bits per heavy atom. The number of rotatable bonds is 14. The number of nitrogens with zero attached hydrogens (tertiary/aromatic N) is 2. The molecule has 2 amide bonds. The Kier molecular flexibility index (Phi) is 11.7. The van der Waals surface area contributed by atoms with Crippen molar-refractivity contribution in [3.8, 4) is 0 Å². The number of amides is 2. The summed E-state index contributed by atoms with van der Waals surface area (Å²) in [7, 11) is -3.68. The number of halogens is 2. The van der Waals surface area contributed by atoms with Gasteiger partial charge in [0.1, 0.15) is 11.9 Å². The maximum atomic E-state index is 13.8. The van der Waals surface area contributed by atoms with Crippen LogP contribution in [0.2, 0.25) is 5.02 Å². The van der Waals surface area contributed by atoms with Crippen molar-refractivity contribution in [2.75, 3.05) is 17.1 Å². The van der Waals surface area contributed by atoms with E-state index in [1.807, 2.05) is 56.3 Å². The van der Waals surface area contributed by atoms with E-state index in [1.54, 1.807) is 17.0 Å². The molecule has 3 aromatic rings.